The number of amides is 1. The fraction of sp³-hybridized carbons (Fsp3) is 0.500. The summed E-state index contributed by atoms with van der Waals surface area (Å²) in [5.41, 5.74) is 5.53. The molecule has 0 bridgehead atoms. The number of furan rings is 1. The highest BCUT2D eigenvalue weighted by molar-refractivity contribution is 7.80. The Morgan fingerprint density at radius 2 is 2.41 bits per heavy atom. The lowest BCUT2D eigenvalue weighted by Crippen LogP contribution is -2.40. The van der Waals surface area contributed by atoms with Crippen LogP contribution in [0.15, 0.2) is 22.8 Å². The molecule has 1 aromatic heterocycles. The maximum absolute atomic E-state index is 12.2. The molecule has 1 aromatic rings. The third kappa shape index (κ3) is 2.85. The SMILES string of the molecule is CC(C(=O)N(Cc1ccco1)C1CC1)C(N)=S. The van der Waals surface area contributed by atoms with Gasteiger partial charge < -0.3 is 15.1 Å². The molecule has 2 rings (SSSR count). The molecule has 1 heterocycles. The number of hydrogen-bond donors (Lipinski definition) is 1. The molecular formula is C12H16N2O2S. The van der Waals surface area contributed by atoms with Gasteiger partial charge in [0.05, 0.1) is 23.7 Å². The van der Waals surface area contributed by atoms with Crippen molar-refractivity contribution in [3.8, 4) is 0 Å². The molecule has 1 atom stereocenters. The molecule has 1 aliphatic carbocycles. The second-order valence-electron chi connectivity index (χ2n) is 4.40. The van der Waals surface area contributed by atoms with Crippen molar-refractivity contribution >= 4 is 23.1 Å². The molecule has 0 spiro atoms. The fourth-order valence-electron chi connectivity index (χ4n) is 1.71. The molecule has 1 unspecified atom stereocenters. The van der Waals surface area contributed by atoms with Crippen molar-refractivity contribution in [2.75, 3.05) is 0 Å². The summed E-state index contributed by atoms with van der Waals surface area (Å²) >= 11 is 4.88. The fourth-order valence-corrected chi connectivity index (χ4v) is 1.81. The van der Waals surface area contributed by atoms with Gasteiger partial charge in [0.15, 0.2) is 0 Å². The van der Waals surface area contributed by atoms with E-state index in [1.54, 1.807) is 13.2 Å². The van der Waals surface area contributed by atoms with Crippen LogP contribution >= 0.6 is 12.2 Å². The van der Waals surface area contributed by atoms with Gasteiger partial charge in [-0.15, -0.1) is 0 Å². The average molecular weight is 252 g/mol. The number of thiocarbonyl (C=S) groups is 1. The molecule has 1 saturated carbocycles. The molecule has 1 amide bonds. The van der Waals surface area contributed by atoms with Crippen LogP contribution in [0.5, 0.6) is 0 Å². The quantitative estimate of drug-likeness (QED) is 0.810. The molecule has 2 N–H and O–H groups in total. The van der Waals surface area contributed by atoms with Gasteiger partial charge in [0.2, 0.25) is 5.91 Å². The van der Waals surface area contributed by atoms with Gasteiger partial charge in [0.25, 0.3) is 0 Å². The molecule has 92 valence electrons. The van der Waals surface area contributed by atoms with Gasteiger partial charge in [-0.2, -0.15) is 0 Å². The van der Waals surface area contributed by atoms with Crippen molar-refractivity contribution in [3.05, 3.63) is 24.2 Å². The van der Waals surface area contributed by atoms with Crippen molar-refractivity contribution in [1.82, 2.24) is 4.90 Å². The van der Waals surface area contributed by atoms with Crippen LogP contribution in [0.25, 0.3) is 0 Å². The van der Waals surface area contributed by atoms with Gasteiger partial charge in [0.1, 0.15) is 5.76 Å². The number of nitrogens with two attached hydrogens (primary N) is 1. The zero-order valence-corrected chi connectivity index (χ0v) is 10.6. The predicted molar refractivity (Wildman–Crippen MR) is 68.2 cm³/mol. The van der Waals surface area contributed by atoms with E-state index in [4.69, 9.17) is 22.4 Å². The van der Waals surface area contributed by atoms with Crippen molar-refractivity contribution < 1.29 is 9.21 Å². The molecule has 0 saturated heterocycles. The lowest BCUT2D eigenvalue weighted by Gasteiger charge is -2.24. The molecule has 0 radical (unpaired) electrons. The second-order valence-corrected chi connectivity index (χ2v) is 4.87. The monoisotopic (exact) mass is 252 g/mol. The Hall–Kier alpha value is -1.36. The van der Waals surface area contributed by atoms with E-state index in [0.717, 1.165) is 18.6 Å². The minimum Gasteiger partial charge on any atom is -0.467 e. The Balaban J connectivity index is 2.07. The van der Waals surface area contributed by atoms with E-state index in [0.29, 0.717) is 12.6 Å². The smallest absolute Gasteiger partial charge is 0.232 e. The summed E-state index contributed by atoms with van der Waals surface area (Å²) in [5.74, 6) is 0.386. The molecule has 0 aromatic carbocycles. The summed E-state index contributed by atoms with van der Waals surface area (Å²) in [7, 11) is 0. The molecule has 17 heavy (non-hydrogen) atoms. The topological polar surface area (TPSA) is 59.5 Å². The van der Waals surface area contributed by atoms with Crippen molar-refractivity contribution in [2.45, 2.75) is 32.4 Å². The van der Waals surface area contributed by atoms with Crippen LogP contribution in [0.3, 0.4) is 0 Å². The third-order valence-electron chi connectivity index (χ3n) is 2.97. The van der Waals surface area contributed by atoms with Crippen molar-refractivity contribution in [1.29, 1.82) is 0 Å². The maximum Gasteiger partial charge on any atom is 0.232 e. The Morgan fingerprint density at radius 1 is 1.71 bits per heavy atom. The van der Waals surface area contributed by atoms with Crippen molar-refractivity contribution in [2.24, 2.45) is 11.7 Å². The van der Waals surface area contributed by atoms with Crippen molar-refractivity contribution in [3.63, 3.8) is 0 Å². The Labute approximate surface area is 106 Å². The van der Waals surface area contributed by atoms with E-state index in [9.17, 15) is 4.79 Å². The molecule has 1 fully saturated rings. The minimum atomic E-state index is -0.402. The average Bonchev–Trinajstić information content (AvgIpc) is 3.01. The number of hydrogen-bond acceptors (Lipinski definition) is 3. The summed E-state index contributed by atoms with van der Waals surface area (Å²) in [6.07, 6.45) is 3.72. The van der Waals surface area contributed by atoms with Crippen LogP contribution in [-0.2, 0) is 11.3 Å². The molecule has 0 aliphatic heterocycles. The van der Waals surface area contributed by atoms with Crippen LogP contribution < -0.4 is 5.73 Å². The summed E-state index contributed by atoms with van der Waals surface area (Å²) in [4.78, 5) is 14.3. The second kappa shape index (κ2) is 4.87. The largest absolute Gasteiger partial charge is 0.467 e. The molecule has 4 nitrogen and oxygen atoms in total. The minimum absolute atomic E-state index is 0.00333. The van der Waals surface area contributed by atoms with E-state index in [1.165, 1.54) is 0 Å². The highest BCUT2D eigenvalue weighted by Gasteiger charge is 2.35. The zero-order chi connectivity index (χ0) is 12.4. The Morgan fingerprint density at radius 3 is 2.88 bits per heavy atom. The van der Waals surface area contributed by atoms with E-state index in [1.807, 2.05) is 17.0 Å². The maximum atomic E-state index is 12.2. The van der Waals surface area contributed by atoms with Crippen LogP contribution in [-0.4, -0.2) is 21.8 Å². The van der Waals surface area contributed by atoms with E-state index in [-0.39, 0.29) is 10.9 Å². The summed E-state index contributed by atoms with van der Waals surface area (Å²) in [6.45, 7) is 2.26. The van der Waals surface area contributed by atoms with Gasteiger partial charge in [-0.25, -0.2) is 0 Å². The first-order valence-corrected chi connectivity index (χ1v) is 6.12. The number of carbonyl (C=O) groups is 1. The van der Waals surface area contributed by atoms with Gasteiger partial charge in [-0.1, -0.05) is 12.2 Å². The Bertz CT molecular complexity index is 412. The van der Waals surface area contributed by atoms with E-state index >= 15 is 0 Å². The first-order chi connectivity index (χ1) is 8.09. The third-order valence-corrected chi connectivity index (χ3v) is 3.33. The van der Waals surface area contributed by atoms with Gasteiger partial charge in [0, 0.05) is 6.04 Å². The molecular weight excluding hydrogens is 236 g/mol. The standard InChI is InChI=1S/C12H16N2O2S/c1-8(11(13)17)12(15)14(9-4-5-9)7-10-3-2-6-16-10/h2-3,6,8-9H,4-5,7H2,1H3,(H2,13,17). The Kier molecular flexibility index (Phi) is 3.47. The lowest BCUT2D eigenvalue weighted by molar-refractivity contribution is -0.134. The highest BCUT2D eigenvalue weighted by Crippen LogP contribution is 2.29. The lowest BCUT2D eigenvalue weighted by atomic mass is 10.1. The first-order valence-electron chi connectivity index (χ1n) is 5.71. The number of rotatable bonds is 5. The van der Waals surface area contributed by atoms with Gasteiger partial charge >= 0.3 is 0 Å². The van der Waals surface area contributed by atoms with E-state index in [2.05, 4.69) is 0 Å². The van der Waals surface area contributed by atoms with Gasteiger partial charge in [-0.05, 0) is 31.9 Å². The number of carbonyl (C=O) groups excluding carboxylic acids is 1. The molecule has 1 aliphatic rings. The molecule has 5 heteroatoms. The highest BCUT2D eigenvalue weighted by atomic mass is 32.1. The van der Waals surface area contributed by atoms with Gasteiger partial charge in [-0.3, -0.25) is 4.79 Å². The van der Waals surface area contributed by atoms with E-state index < -0.39 is 5.92 Å². The zero-order valence-electron chi connectivity index (χ0n) is 9.76. The normalized spacial score (nSPS) is 16.5. The summed E-state index contributed by atoms with van der Waals surface area (Å²) in [6, 6.07) is 4.01. The predicted octanol–water partition coefficient (Wildman–Crippen LogP) is 1.69. The summed E-state index contributed by atoms with van der Waals surface area (Å²) < 4.78 is 5.27. The first kappa shape index (κ1) is 12.1. The van der Waals surface area contributed by atoms with Crippen LogP contribution in [0.4, 0.5) is 0 Å². The number of nitrogens with zero attached hydrogens (tertiary/aromatic N) is 1. The van der Waals surface area contributed by atoms with Crippen LogP contribution in [0.1, 0.15) is 25.5 Å². The van der Waals surface area contributed by atoms with Crippen LogP contribution in [0, 0.1) is 5.92 Å². The summed E-state index contributed by atoms with van der Waals surface area (Å²) in [5, 5.41) is 0. The van der Waals surface area contributed by atoms with Crippen LogP contribution in [0.2, 0.25) is 0 Å².